The standard InChI is InChI=1S/C21H22FN3OS/c1-14-3-4-16(15(2)11-14)12-20(26)24-7-9-25(10-8-24)21-23-18-6-5-17(22)13-19(18)27-21/h3-6,11,13H,7-10,12H2,1-2H3. The Bertz CT molecular complexity index is 992. The molecule has 0 saturated carbocycles. The Labute approximate surface area is 162 Å². The molecule has 2 heterocycles. The molecule has 0 atom stereocenters. The highest BCUT2D eigenvalue weighted by Gasteiger charge is 2.23. The fourth-order valence-electron chi connectivity index (χ4n) is 3.49. The molecule has 1 aromatic heterocycles. The lowest BCUT2D eigenvalue weighted by atomic mass is 10.0. The number of anilines is 1. The van der Waals surface area contributed by atoms with Gasteiger partial charge in [-0.05, 0) is 43.2 Å². The first-order valence-corrected chi connectivity index (χ1v) is 9.96. The van der Waals surface area contributed by atoms with E-state index in [-0.39, 0.29) is 11.7 Å². The van der Waals surface area contributed by atoms with E-state index in [1.54, 1.807) is 6.07 Å². The van der Waals surface area contributed by atoms with Crippen LogP contribution in [0.25, 0.3) is 10.2 Å². The van der Waals surface area contributed by atoms with Gasteiger partial charge in [0.2, 0.25) is 5.91 Å². The second-order valence-corrected chi connectivity index (χ2v) is 8.09. The van der Waals surface area contributed by atoms with Gasteiger partial charge in [0, 0.05) is 26.2 Å². The predicted molar refractivity (Wildman–Crippen MR) is 108 cm³/mol. The van der Waals surface area contributed by atoms with Gasteiger partial charge in [0.25, 0.3) is 0 Å². The summed E-state index contributed by atoms with van der Waals surface area (Å²) in [5.74, 6) is -0.0625. The Morgan fingerprint density at radius 1 is 1.11 bits per heavy atom. The van der Waals surface area contributed by atoms with Gasteiger partial charge in [0.1, 0.15) is 5.82 Å². The van der Waals surface area contributed by atoms with Gasteiger partial charge in [-0.1, -0.05) is 35.1 Å². The largest absolute Gasteiger partial charge is 0.345 e. The summed E-state index contributed by atoms with van der Waals surface area (Å²) in [4.78, 5) is 21.4. The fraction of sp³-hybridized carbons (Fsp3) is 0.333. The lowest BCUT2D eigenvalue weighted by Gasteiger charge is -2.34. The van der Waals surface area contributed by atoms with E-state index in [1.807, 2.05) is 4.90 Å². The molecule has 6 heteroatoms. The number of halogens is 1. The number of amides is 1. The smallest absolute Gasteiger partial charge is 0.227 e. The Kier molecular flexibility index (Phi) is 4.83. The van der Waals surface area contributed by atoms with Crippen molar-refractivity contribution in [2.45, 2.75) is 20.3 Å². The van der Waals surface area contributed by atoms with Gasteiger partial charge in [-0.2, -0.15) is 0 Å². The summed E-state index contributed by atoms with van der Waals surface area (Å²) in [5, 5.41) is 0.900. The van der Waals surface area contributed by atoms with Crippen LogP contribution in [0.3, 0.4) is 0 Å². The molecule has 0 bridgehead atoms. The summed E-state index contributed by atoms with van der Waals surface area (Å²) in [6, 6.07) is 10.9. The van der Waals surface area contributed by atoms with Crippen LogP contribution in [-0.2, 0) is 11.2 Å². The minimum Gasteiger partial charge on any atom is -0.345 e. The average Bonchev–Trinajstić information content (AvgIpc) is 3.07. The van der Waals surface area contributed by atoms with Crippen molar-refractivity contribution in [1.29, 1.82) is 0 Å². The van der Waals surface area contributed by atoms with Crippen molar-refractivity contribution >= 4 is 32.6 Å². The number of rotatable bonds is 3. The number of fused-ring (bicyclic) bond motifs is 1. The van der Waals surface area contributed by atoms with Crippen LogP contribution in [0.15, 0.2) is 36.4 Å². The highest BCUT2D eigenvalue weighted by molar-refractivity contribution is 7.22. The summed E-state index contributed by atoms with van der Waals surface area (Å²) in [6.45, 7) is 7.00. The quantitative estimate of drug-likeness (QED) is 0.687. The fourth-order valence-corrected chi connectivity index (χ4v) is 4.53. The highest BCUT2D eigenvalue weighted by atomic mass is 32.1. The maximum Gasteiger partial charge on any atom is 0.227 e. The lowest BCUT2D eigenvalue weighted by molar-refractivity contribution is -0.130. The van der Waals surface area contributed by atoms with E-state index in [9.17, 15) is 9.18 Å². The lowest BCUT2D eigenvalue weighted by Crippen LogP contribution is -2.49. The predicted octanol–water partition coefficient (Wildman–Crippen LogP) is 3.94. The van der Waals surface area contributed by atoms with Crippen molar-refractivity contribution in [3.05, 3.63) is 58.9 Å². The number of carbonyl (C=O) groups excluding carboxylic acids is 1. The van der Waals surface area contributed by atoms with Gasteiger partial charge in [-0.15, -0.1) is 0 Å². The van der Waals surface area contributed by atoms with E-state index in [2.05, 4.69) is 41.9 Å². The average molecular weight is 383 g/mol. The maximum absolute atomic E-state index is 13.4. The molecule has 1 amide bonds. The summed E-state index contributed by atoms with van der Waals surface area (Å²) in [5.41, 5.74) is 4.31. The van der Waals surface area contributed by atoms with Gasteiger partial charge in [-0.3, -0.25) is 4.79 Å². The summed E-state index contributed by atoms with van der Waals surface area (Å²) in [6.07, 6.45) is 0.451. The van der Waals surface area contributed by atoms with Gasteiger partial charge >= 0.3 is 0 Å². The molecule has 2 aromatic carbocycles. The van der Waals surface area contributed by atoms with Crippen molar-refractivity contribution in [2.24, 2.45) is 0 Å². The van der Waals surface area contributed by atoms with E-state index in [0.717, 1.165) is 34.0 Å². The molecule has 1 aliphatic heterocycles. The van der Waals surface area contributed by atoms with Gasteiger partial charge < -0.3 is 9.80 Å². The number of aromatic nitrogens is 1. The highest BCUT2D eigenvalue weighted by Crippen LogP contribution is 2.30. The monoisotopic (exact) mass is 383 g/mol. The van der Waals surface area contributed by atoms with Gasteiger partial charge in [-0.25, -0.2) is 9.37 Å². The number of piperazine rings is 1. The molecule has 0 aliphatic carbocycles. The first-order valence-electron chi connectivity index (χ1n) is 9.14. The second kappa shape index (κ2) is 7.27. The van der Waals surface area contributed by atoms with Crippen molar-refractivity contribution in [3.8, 4) is 0 Å². The molecule has 4 rings (SSSR count). The molecular formula is C21H22FN3OS. The number of carbonyl (C=O) groups is 1. The molecule has 0 radical (unpaired) electrons. The van der Waals surface area contributed by atoms with Crippen molar-refractivity contribution in [1.82, 2.24) is 9.88 Å². The van der Waals surface area contributed by atoms with E-state index in [4.69, 9.17) is 0 Å². The second-order valence-electron chi connectivity index (χ2n) is 7.08. The third-order valence-corrected chi connectivity index (χ3v) is 6.16. The van der Waals surface area contributed by atoms with Crippen molar-refractivity contribution in [3.63, 3.8) is 0 Å². The molecule has 27 heavy (non-hydrogen) atoms. The molecule has 140 valence electrons. The Balaban J connectivity index is 1.39. The number of thiazole rings is 1. The van der Waals surface area contributed by atoms with Crippen LogP contribution >= 0.6 is 11.3 Å². The molecule has 0 unspecified atom stereocenters. The molecule has 4 nitrogen and oxygen atoms in total. The van der Waals surface area contributed by atoms with Crippen LogP contribution in [0.1, 0.15) is 16.7 Å². The third-order valence-electron chi connectivity index (χ3n) is 5.08. The normalized spacial score (nSPS) is 14.8. The van der Waals surface area contributed by atoms with Crippen LogP contribution in [0, 0.1) is 19.7 Å². The summed E-state index contributed by atoms with van der Waals surface area (Å²) >= 11 is 1.50. The van der Waals surface area contributed by atoms with Crippen LogP contribution in [0.2, 0.25) is 0 Å². The number of hydrogen-bond donors (Lipinski definition) is 0. The maximum atomic E-state index is 13.4. The van der Waals surface area contributed by atoms with E-state index in [0.29, 0.717) is 19.5 Å². The Morgan fingerprint density at radius 2 is 1.89 bits per heavy atom. The zero-order valence-corrected chi connectivity index (χ0v) is 16.4. The molecule has 0 spiro atoms. The number of nitrogens with zero attached hydrogens (tertiary/aromatic N) is 3. The van der Waals surface area contributed by atoms with E-state index in [1.165, 1.54) is 34.6 Å². The van der Waals surface area contributed by atoms with E-state index < -0.39 is 0 Å². The summed E-state index contributed by atoms with van der Waals surface area (Å²) < 4.78 is 14.2. The molecule has 1 aliphatic rings. The minimum atomic E-state index is -0.237. The molecule has 0 N–H and O–H groups in total. The van der Waals surface area contributed by atoms with Crippen LogP contribution in [0.4, 0.5) is 9.52 Å². The zero-order chi connectivity index (χ0) is 19.0. The Morgan fingerprint density at radius 3 is 2.63 bits per heavy atom. The molecule has 1 saturated heterocycles. The van der Waals surface area contributed by atoms with Crippen LogP contribution in [0.5, 0.6) is 0 Å². The van der Waals surface area contributed by atoms with Crippen LogP contribution in [-0.4, -0.2) is 42.0 Å². The van der Waals surface area contributed by atoms with Crippen LogP contribution < -0.4 is 4.90 Å². The molecule has 1 fully saturated rings. The molecular weight excluding hydrogens is 361 g/mol. The number of hydrogen-bond acceptors (Lipinski definition) is 4. The third kappa shape index (κ3) is 3.81. The van der Waals surface area contributed by atoms with Gasteiger partial charge in [0.05, 0.1) is 16.6 Å². The SMILES string of the molecule is Cc1ccc(CC(=O)N2CCN(c3nc4ccc(F)cc4s3)CC2)c(C)c1. The Hall–Kier alpha value is -2.47. The van der Waals surface area contributed by atoms with Crippen molar-refractivity contribution < 1.29 is 9.18 Å². The van der Waals surface area contributed by atoms with Gasteiger partial charge in [0.15, 0.2) is 5.13 Å². The summed E-state index contributed by atoms with van der Waals surface area (Å²) in [7, 11) is 0. The van der Waals surface area contributed by atoms with E-state index >= 15 is 0 Å². The number of aryl methyl sites for hydroxylation is 2. The number of benzene rings is 2. The molecule has 3 aromatic rings. The first-order chi connectivity index (χ1) is 13.0. The first kappa shape index (κ1) is 17.9. The topological polar surface area (TPSA) is 36.4 Å². The zero-order valence-electron chi connectivity index (χ0n) is 15.5. The minimum absolute atomic E-state index is 0.174. The van der Waals surface area contributed by atoms with Crippen molar-refractivity contribution in [2.75, 3.05) is 31.1 Å².